The molecule has 0 aromatic carbocycles. The summed E-state index contributed by atoms with van der Waals surface area (Å²) >= 11 is 0. The molecule has 2 aliphatic heterocycles. The zero-order valence-corrected chi connectivity index (χ0v) is 12.5. The molecule has 7 N–H and O–H groups in total. The zero-order valence-electron chi connectivity index (χ0n) is 12.5. The molecule has 0 radical (unpaired) electrons. The Labute approximate surface area is 136 Å². The molecule has 0 amide bonds. The van der Waals surface area contributed by atoms with Gasteiger partial charge in [-0.15, -0.1) is 0 Å². The second-order valence-electron chi connectivity index (χ2n) is 5.69. The molecule has 10 atom stereocenters. The monoisotopic (exact) mass is 351 g/mol. The maximum Gasteiger partial charge on any atom is 0.187 e. The molecule has 138 valence electrons. The molecule has 0 aliphatic carbocycles. The van der Waals surface area contributed by atoms with Crippen LogP contribution in [-0.2, 0) is 14.2 Å². The van der Waals surface area contributed by atoms with Crippen molar-refractivity contribution in [2.75, 3.05) is 13.2 Å². The fourth-order valence-corrected chi connectivity index (χ4v) is 2.70. The van der Waals surface area contributed by atoms with Gasteiger partial charge in [-0.1, -0.05) is 0 Å². The Bertz CT molecular complexity index is 455. The number of nitriles is 1. The van der Waals surface area contributed by atoms with E-state index in [4.69, 9.17) is 24.6 Å². The fourth-order valence-electron chi connectivity index (χ4n) is 2.70. The molecule has 24 heavy (non-hydrogen) atoms. The maximum absolute atomic E-state index is 10.1. The van der Waals surface area contributed by atoms with Crippen molar-refractivity contribution in [3.05, 3.63) is 0 Å². The van der Waals surface area contributed by atoms with Crippen LogP contribution >= 0.6 is 0 Å². The lowest BCUT2D eigenvalue weighted by Crippen LogP contribution is -2.64. The average molecular weight is 351 g/mol. The highest BCUT2D eigenvalue weighted by Crippen LogP contribution is 2.28. The van der Waals surface area contributed by atoms with Crippen molar-refractivity contribution in [3.63, 3.8) is 0 Å². The van der Waals surface area contributed by atoms with Crippen molar-refractivity contribution in [2.24, 2.45) is 0 Å². The van der Waals surface area contributed by atoms with Crippen LogP contribution in [0, 0.1) is 11.3 Å². The first-order chi connectivity index (χ1) is 11.3. The second kappa shape index (κ2) is 7.98. The highest BCUT2D eigenvalue weighted by Gasteiger charge is 2.50. The highest BCUT2D eigenvalue weighted by atomic mass is 16.7. The minimum absolute atomic E-state index is 0.663. The van der Waals surface area contributed by atoms with Crippen molar-refractivity contribution < 1.29 is 50.0 Å². The topological polar surface area (TPSA) is 193 Å². The van der Waals surface area contributed by atoms with Crippen LogP contribution in [0.1, 0.15) is 0 Å². The van der Waals surface area contributed by atoms with E-state index in [1.807, 2.05) is 0 Å². The summed E-state index contributed by atoms with van der Waals surface area (Å²) in [5.74, 6) is 0. The van der Waals surface area contributed by atoms with Crippen LogP contribution in [0.3, 0.4) is 0 Å². The number of aliphatic hydroxyl groups is 7. The van der Waals surface area contributed by atoms with Gasteiger partial charge in [0.05, 0.1) is 19.3 Å². The van der Waals surface area contributed by atoms with Crippen LogP contribution in [0.2, 0.25) is 0 Å². The van der Waals surface area contributed by atoms with E-state index in [2.05, 4.69) is 0 Å². The lowest BCUT2D eigenvalue weighted by atomic mass is 9.94. The van der Waals surface area contributed by atoms with Crippen molar-refractivity contribution in [3.8, 4) is 6.07 Å². The molecule has 2 heterocycles. The summed E-state index contributed by atoms with van der Waals surface area (Å²) in [5.41, 5.74) is 0. The summed E-state index contributed by atoms with van der Waals surface area (Å²) in [7, 11) is 0. The van der Waals surface area contributed by atoms with Crippen molar-refractivity contribution >= 4 is 0 Å². The minimum Gasteiger partial charge on any atom is -0.394 e. The van der Waals surface area contributed by atoms with Crippen molar-refractivity contribution in [2.45, 2.75) is 61.2 Å². The molecule has 2 saturated heterocycles. The van der Waals surface area contributed by atoms with E-state index in [9.17, 15) is 30.6 Å². The summed E-state index contributed by atoms with van der Waals surface area (Å²) in [6, 6.07) is 1.62. The average Bonchev–Trinajstić information content (AvgIpc) is 2.59. The van der Waals surface area contributed by atoms with E-state index in [1.54, 1.807) is 6.07 Å². The Hall–Kier alpha value is -0.910. The Morgan fingerprint density at radius 1 is 0.792 bits per heavy atom. The zero-order chi connectivity index (χ0) is 18.0. The lowest BCUT2D eigenvalue weighted by molar-refractivity contribution is -0.339. The first-order valence-electron chi connectivity index (χ1n) is 7.33. The Morgan fingerprint density at radius 3 is 1.96 bits per heavy atom. The molecule has 0 aromatic rings. The molecule has 11 heteroatoms. The molecular formula is C13H21NO10. The normalized spacial score (nSPS) is 49.6. The molecule has 0 spiro atoms. The van der Waals surface area contributed by atoms with Gasteiger partial charge in [0.2, 0.25) is 0 Å². The van der Waals surface area contributed by atoms with Gasteiger partial charge in [-0.3, -0.25) is 0 Å². The third kappa shape index (κ3) is 3.53. The molecule has 11 nitrogen and oxygen atoms in total. The highest BCUT2D eigenvalue weighted by molar-refractivity contribution is 5.02. The Morgan fingerprint density at radius 2 is 1.42 bits per heavy atom. The van der Waals surface area contributed by atoms with Gasteiger partial charge in [-0.05, 0) is 0 Å². The van der Waals surface area contributed by atoms with E-state index in [-0.39, 0.29) is 0 Å². The largest absolute Gasteiger partial charge is 0.394 e. The van der Waals surface area contributed by atoms with E-state index in [0.29, 0.717) is 0 Å². The van der Waals surface area contributed by atoms with Crippen molar-refractivity contribution in [1.29, 1.82) is 5.26 Å². The van der Waals surface area contributed by atoms with Crippen LogP contribution in [0.4, 0.5) is 0 Å². The summed E-state index contributed by atoms with van der Waals surface area (Å²) in [6.45, 7) is -1.33. The van der Waals surface area contributed by atoms with Crippen LogP contribution < -0.4 is 0 Å². The van der Waals surface area contributed by atoms with Gasteiger partial charge in [0.15, 0.2) is 12.4 Å². The SMILES string of the molecule is N#C[C@@H]1O[C@H](CO)[C@@H](O[C@@H]2O[C@H](CO)[C@@H](O)[C@H](O)[C@H]2O)[C@H](O)[C@H]1O. The number of rotatable bonds is 4. The molecule has 2 fully saturated rings. The summed E-state index contributed by atoms with van der Waals surface area (Å²) in [5, 5.41) is 76.5. The van der Waals surface area contributed by atoms with Gasteiger partial charge < -0.3 is 50.0 Å². The van der Waals surface area contributed by atoms with Crippen molar-refractivity contribution in [1.82, 2.24) is 0 Å². The quantitative estimate of drug-likeness (QED) is 0.257. The predicted octanol–water partition coefficient (Wildman–Crippen LogP) is -4.82. The first kappa shape index (κ1) is 19.4. The Kier molecular flexibility index (Phi) is 6.46. The molecule has 0 aromatic heterocycles. The fraction of sp³-hybridized carbons (Fsp3) is 0.923. The van der Waals surface area contributed by atoms with E-state index in [0.717, 1.165) is 0 Å². The third-order valence-electron chi connectivity index (χ3n) is 4.13. The maximum atomic E-state index is 10.1. The molecule has 0 unspecified atom stereocenters. The first-order valence-corrected chi connectivity index (χ1v) is 7.33. The number of hydrogen-bond donors (Lipinski definition) is 7. The number of ether oxygens (including phenoxy) is 3. The smallest absolute Gasteiger partial charge is 0.187 e. The predicted molar refractivity (Wildman–Crippen MR) is 72.0 cm³/mol. The van der Waals surface area contributed by atoms with Gasteiger partial charge in [0.1, 0.15) is 48.8 Å². The number of hydrogen-bond acceptors (Lipinski definition) is 11. The molecule has 2 aliphatic rings. The Balaban J connectivity index is 2.14. The standard InChI is InChI=1S/C13H21NO10/c14-1-4-7(17)10(20)12(6(3-16)22-4)24-13-11(21)9(19)8(18)5(2-15)23-13/h4-13,15-21H,2-3H2/t4-,5+,6+,7-,8+,9-,10+,11+,12+,13-/m0/s1. The lowest BCUT2D eigenvalue weighted by Gasteiger charge is -2.45. The summed E-state index contributed by atoms with van der Waals surface area (Å²) in [4.78, 5) is 0. The van der Waals surface area contributed by atoms with Gasteiger partial charge in [-0.25, -0.2) is 0 Å². The third-order valence-corrected chi connectivity index (χ3v) is 4.13. The summed E-state index contributed by atoms with van der Waals surface area (Å²) < 4.78 is 15.6. The van der Waals surface area contributed by atoms with Gasteiger partial charge in [0.25, 0.3) is 0 Å². The molecule has 0 bridgehead atoms. The number of nitrogens with zero attached hydrogens (tertiary/aromatic N) is 1. The molecular weight excluding hydrogens is 330 g/mol. The van der Waals surface area contributed by atoms with E-state index >= 15 is 0 Å². The van der Waals surface area contributed by atoms with E-state index < -0.39 is 74.4 Å². The number of aliphatic hydroxyl groups excluding tert-OH is 7. The van der Waals surface area contributed by atoms with E-state index in [1.165, 1.54) is 0 Å². The molecule has 2 rings (SSSR count). The van der Waals surface area contributed by atoms with Crippen LogP contribution in [-0.4, -0.2) is 110 Å². The summed E-state index contributed by atoms with van der Waals surface area (Å²) in [6.07, 6.45) is -15.1. The van der Waals surface area contributed by atoms with Gasteiger partial charge in [0, 0.05) is 0 Å². The van der Waals surface area contributed by atoms with Crippen LogP contribution in [0.5, 0.6) is 0 Å². The van der Waals surface area contributed by atoms with Crippen LogP contribution in [0.15, 0.2) is 0 Å². The van der Waals surface area contributed by atoms with Crippen LogP contribution in [0.25, 0.3) is 0 Å². The molecule has 0 saturated carbocycles. The van der Waals surface area contributed by atoms with Gasteiger partial charge >= 0.3 is 0 Å². The van der Waals surface area contributed by atoms with Gasteiger partial charge in [-0.2, -0.15) is 5.26 Å². The second-order valence-corrected chi connectivity index (χ2v) is 5.69. The minimum atomic E-state index is -1.72.